The minimum atomic E-state index is -0.506. The van der Waals surface area contributed by atoms with E-state index < -0.39 is 5.82 Å². The first-order valence-electron chi connectivity index (χ1n) is 6.13. The van der Waals surface area contributed by atoms with E-state index in [2.05, 4.69) is 15.9 Å². The Kier molecular flexibility index (Phi) is 4.71. The average Bonchev–Trinajstić information content (AvgIpc) is 2.45. The van der Waals surface area contributed by atoms with Crippen LogP contribution in [0.25, 0.3) is 0 Å². The van der Waals surface area contributed by atoms with Crippen molar-refractivity contribution in [2.75, 3.05) is 0 Å². The van der Waals surface area contributed by atoms with Gasteiger partial charge in [0, 0.05) is 10.0 Å². The lowest BCUT2D eigenvalue weighted by Crippen LogP contribution is -2.03. The molecule has 0 heterocycles. The first-order valence-corrected chi connectivity index (χ1v) is 6.92. The SMILES string of the molecule is CC(=O)c1ccc(Br)cc1OCc1ccc(C#N)cc1F. The van der Waals surface area contributed by atoms with Crippen LogP contribution >= 0.6 is 15.9 Å². The number of nitrogens with zero attached hydrogens (tertiary/aromatic N) is 1. The number of carbonyl (C=O) groups is 1. The molecule has 2 aromatic carbocycles. The van der Waals surface area contributed by atoms with E-state index in [0.29, 0.717) is 16.9 Å². The molecular weight excluding hydrogens is 337 g/mol. The third-order valence-corrected chi connectivity index (χ3v) is 3.38. The molecule has 0 unspecified atom stereocenters. The van der Waals surface area contributed by atoms with E-state index in [1.807, 2.05) is 6.07 Å². The van der Waals surface area contributed by atoms with Crippen molar-refractivity contribution in [1.29, 1.82) is 5.26 Å². The number of benzene rings is 2. The van der Waals surface area contributed by atoms with Crippen molar-refractivity contribution >= 4 is 21.7 Å². The van der Waals surface area contributed by atoms with E-state index in [0.717, 1.165) is 10.5 Å². The molecule has 0 fully saturated rings. The van der Waals surface area contributed by atoms with Crippen LogP contribution in [0.2, 0.25) is 0 Å². The fraction of sp³-hybridized carbons (Fsp3) is 0.125. The van der Waals surface area contributed by atoms with E-state index in [-0.39, 0.29) is 18.0 Å². The van der Waals surface area contributed by atoms with Crippen LogP contribution in [0.4, 0.5) is 4.39 Å². The molecule has 2 aromatic rings. The molecule has 0 amide bonds. The van der Waals surface area contributed by atoms with Gasteiger partial charge >= 0.3 is 0 Å². The second-order valence-electron chi connectivity index (χ2n) is 4.40. The predicted octanol–water partition coefficient (Wildman–Crippen LogP) is 4.24. The summed E-state index contributed by atoms with van der Waals surface area (Å²) < 4.78 is 20.1. The maximum atomic E-state index is 13.8. The zero-order valence-electron chi connectivity index (χ0n) is 11.2. The van der Waals surface area contributed by atoms with Crippen molar-refractivity contribution < 1.29 is 13.9 Å². The van der Waals surface area contributed by atoms with Gasteiger partial charge in [-0.25, -0.2) is 4.39 Å². The van der Waals surface area contributed by atoms with E-state index >= 15 is 0 Å². The van der Waals surface area contributed by atoms with Gasteiger partial charge in [0.25, 0.3) is 0 Å². The number of ether oxygens (including phenoxy) is 1. The molecule has 0 aliphatic carbocycles. The first kappa shape index (κ1) is 15.2. The molecule has 21 heavy (non-hydrogen) atoms. The lowest BCUT2D eigenvalue weighted by atomic mass is 10.1. The third kappa shape index (κ3) is 3.67. The van der Waals surface area contributed by atoms with Crippen LogP contribution in [0.3, 0.4) is 0 Å². The van der Waals surface area contributed by atoms with Crippen LogP contribution in [0.15, 0.2) is 40.9 Å². The van der Waals surface area contributed by atoms with Crippen molar-refractivity contribution in [2.45, 2.75) is 13.5 Å². The van der Waals surface area contributed by atoms with Crippen LogP contribution in [0, 0.1) is 17.1 Å². The Hall–Kier alpha value is -2.19. The highest BCUT2D eigenvalue weighted by Gasteiger charge is 2.11. The summed E-state index contributed by atoms with van der Waals surface area (Å²) in [5.41, 5.74) is 1.01. The number of hydrogen-bond acceptors (Lipinski definition) is 3. The highest BCUT2D eigenvalue weighted by molar-refractivity contribution is 9.10. The minimum absolute atomic E-state index is 0.0196. The van der Waals surface area contributed by atoms with E-state index in [1.165, 1.54) is 19.1 Å². The van der Waals surface area contributed by atoms with Gasteiger partial charge in [-0.1, -0.05) is 22.0 Å². The molecule has 0 spiro atoms. The smallest absolute Gasteiger partial charge is 0.163 e. The van der Waals surface area contributed by atoms with Crippen molar-refractivity contribution in [1.82, 2.24) is 0 Å². The van der Waals surface area contributed by atoms with Crippen LogP contribution in [-0.4, -0.2) is 5.78 Å². The second-order valence-corrected chi connectivity index (χ2v) is 5.32. The largest absolute Gasteiger partial charge is 0.488 e. The number of ketones is 1. The lowest BCUT2D eigenvalue weighted by molar-refractivity contribution is 0.101. The third-order valence-electron chi connectivity index (χ3n) is 2.89. The maximum Gasteiger partial charge on any atom is 0.163 e. The zero-order chi connectivity index (χ0) is 15.4. The molecular formula is C16H11BrFNO2. The van der Waals surface area contributed by atoms with Crippen LogP contribution < -0.4 is 4.74 Å². The van der Waals surface area contributed by atoms with Gasteiger partial charge in [-0.3, -0.25) is 4.79 Å². The highest BCUT2D eigenvalue weighted by Crippen LogP contribution is 2.25. The van der Waals surface area contributed by atoms with E-state index in [1.54, 1.807) is 18.2 Å². The Morgan fingerprint density at radius 3 is 2.71 bits per heavy atom. The summed E-state index contributed by atoms with van der Waals surface area (Å²) in [7, 11) is 0. The number of nitriles is 1. The number of Topliss-reactive ketones (excluding diaryl/α,β-unsaturated/α-hetero) is 1. The molecule has 0 aliphatic rings. The standard InChI is InChI=1S/C16H11BrFNO2/c1-10(20)14-5-4-13(17)7-16(14)21-9-12-3-2-11(8-19)6-15(12)18/h2-7H,9H2,1H3. The van der Waals surface area contributed by atoms with Gasteiger partial charge in [0.05, 0.1) is 17.2 Å². The number of rotatable bonds is 4. The van der Waals surface area contributed by atoms with E-state index in [4.69, 9.17) is 10.00 Å². The summed E-state index contributed by atoms with van der Waals surface area (Å²) in [5, 5.41) is 8.70. The summed E-state index contributed by atoms with van der Waals surface area (Å²) in [6.45, 7) is 1.42. The van der Waals surface area contributed by atoms with Crippen molar-refractivity contribution in [2.24, 2.45) is 0 Å². The molecule has 0 N–H and O–H groups in total. The average molecular weight is 348 g/mol. The molecule has 2 rings (SSSR count). The number of hydrogen-bond donors (Lipinski definition) is 0. The molecule has 0 saturated heterocycles. The molecule has 0 saturated carbocycles. The van der Waals surface area contributed by atoms with Crippen LogP contribution in [0.5, 0.6) is 5.75 Å². The van der Waals surface area contributed by atoms with Gasteiger partial charge in [0.15, 0.2) is 5.78 Å². The predicted molar refractivity (Wildman–Crippen MR) is 79.6 cm³/mol. The fourth-order valence-corrected chi connectivity index (χ4v) is 2.14. The number of halogens is 2. The minimum Gasteiger partial charge on any atom is -0.488 e. The lowest BCUT2D eigenvalue weighted by Gasteiger charge is -2.11. The Morgan fingerprint density at radius 2 is 2.10 bits per heavy atom. The Bertz CT molecular complexity index is 738. The molecule has 5 heteroatoms. The van der Waals surface area contributed by atoms with Gasteiger partial charge in [0.2, 0.25) is 0 Å². The van der Waals surface area contributed by atoms with Gasteiger partial charge in [-0.05, 0) is 37.3 Å². The first-order chi connectivity index (χ1) is 10.0. The van der Waals surface area contributed by atoms with Gasteiger partial charge in [-0.2, -0.15) is 5.26 Å². The summed E-state index contributed by atoms with van der Waals surface area (Å²) >= 11 is 3.30. The summed E-state index contributed by atoms with van der Waals surface area (Å²) in [6, 6.07) is 11.1. The van der Waals surface area contributed by atoms with Gasteiger partial charge < -0.3 is 4.74 Å². The van der Waals surface area contributed by atoms with Crippen molar-refractivity contribution in [3.05, 3.63) is 63.4 Å². The monoisotopic (exact) mass is 347 g/mol. The summed E-state index contributed by atoms with van der Waals surface area (Å²) in [5.74, 6) is -0.244. The van der Waals surface area contributed by atoms with Gasteiger partial charge in [0.1, 0.15) is 18.2 Å². The van der Waals surface area contributed by atoms with Crippen molar-refractivity contribution in [3.63, 3.8) is 0 Å². The van der Waals surface area contributed by atoms with Crippen LogP contribution in [0.1, 0.15) is 28.4 Å². The molecule has 0 aromatic heterocycles. The fourth-order valence-electron chi connectivity index (χ4n) is 1.80. The van der Waals surface area contributed by atoms with Crippen LogP contribution in [-0.2, 0) is 6.61 Å². The van der Waals surface area contributed by atoms with Gasteiger partial charge in [-0.15, -0.1) is 0 Å². The molecule has 0 radical (unpaired) electrons. The molecule has 0 atom stereocenters. The quantitative estimate of drug-likeness (QED) is 0.777. The number of carbonyl (C=O) groups excluding carboxylic acids is 1. The Balaban J connectivity index is 2.22. The normalized spacial score (nSPS) is 10.0. The Labute approximate surface area is 130 Å². The highest BCUT2D eigenvalue weighted by atomic mass is 79.9. The Morgan fingerprint density at radius 1 is 1.33 bits per heavy atom. The molecule has 0 aliphatic heterocycles. The zero-order valence-corrected chi connectivity index (χ0v) is 12.8. The van der Waals surface area contributed by atoms with E-state index in [9.17, 15) is 9.18 Å². The molecule has 3 nitrogen and oxygen atoms in total. The summed E-state index contributed by atoms with van der Waals surface area (Å²) in [6.07, 6.45) is 0. The molecule has 0 bridgehead atoms. The second kappa shape index (κ2) is 6.51. The van der Waals surface area contributed by atoms with Crippen molar-refractivity contribution in [3.8, 4) is 11.8 Å². The maximum absolute atomic E-state index is 13.8. The molecule has 106 valence electrons. The summed E-state index contributed by atoms with van der Waals surface area (Å²) in [4.78, 5) is 11.5. The topological polar surface area (TPSA) is 50.1 Å².